The van der Waals surface area contributed by atoms with Gasteiger partial charge < -0.3 is 10.5 Å². The number of esters is 1. The van der Waals surface area contributed by atoms with Gasteiger partial charge >= 0.3 is 5.97 Å². The molecule has 0 aromatic rings. The van der Waals surface area contributed by atoms with Crippen molar-refractivity contribution in [2.24, 2.45) is 5.73 Å². The SMILES string of the molecule is COC(=O)C(I)CN. The average molecular weight is 229 g/mol. The van der Waals surface area contributed by atoms with Gasteiger partial charge in [0, 0.05) is 6.54 Å². The summed E-state index contributed by atoms with van der Waals surface area (Å²) in [6.07, 6.45) is 0. The van der Waals surface area contributed by atoms with Gasteiger partial charge in [0.15, 0.2) is 0 Å². The number of hydrogen-bond donors (Lipinski definition) is 1. The lowest BCUT2D eigenvalue weighted by molar-refractivity contribution is -0.139. The van der Waals surface area contributed by atoms with Crippen molar-refractivity contribution in [3.05, 3.63) is 0 Å². The van der Waals surface area contributed by atoms with Crippen molar-refractivity contribution in [2.75, 3.05) is 13.7 Å². The molecule has 0 aromatic carbocycles. The summed E-state index contributed by atoms with van der Waals surface area (Å²) in [4.78, 5) is 10.4. The van der Waals surface area contributed by atoms with Crippen LogP contribution in [0.25, 0.3) is 0 Å². The molecule has 0 saturated carbocycles. The third-order valence-electron chi connectivity index (χ3n) is 0.664. The summed E-state index contributed by atoms with van der Waals surface area (Å²) in [5.74, 6) is -0.256. The Morgan fingerprint density at radius 3 is 2.62 bits per heavy atom. The van der Waals surface area contributed by atoms with Crippen LogP contribution in [0.1, 0.15) is 0 Å². The number of ether oxygens (including phenoxy) is 1. The van der Waals surface area contributed by atoms with Crippen molar-refractivity contribution in [2.45, 2.75) is 3.92 Å². The highest BCUT2D eigenvalue weighted by Gasteiger charge is 2.10. The zero-order valence-corrected chi connectivity index (χ0v) is 6.71. The number of carbonyl (C=O) groups is 1. The van der Waals surface area contributed by atoms with Crippen molar-refractivity contribution in [3.8, 4) is 0 Å². The van der Waals surface area contributed by atoms with Crippen molar-refractivity contribution >= 4 is 28.6 Å². The number of methoxy groups -OCH3 is 1. The van der Waals surface area contributed by atoms with Gasteiger partial charge in [-0.25, -0.2) is 0 Å². The molecule has 0 aliphatic rings. The van der Waals surface area contributed by atoms with Crippen LogP contribution in [-0.2, 0) is 9.53 Å². The first kappa shape index (κ1) is 8.16. The van der Waals surface area contributed by atoms with E-state index in [0.717, 1.165) is 0 Å². The molecule has 0 saturated heterocycles. The highest BCUT2D eigenvalue weighted by atomic mass is 127. The van der Waals surface area contributed by atoms with Gasteiger partial charge in [0.1, 0.15) is 3.92 Å². The zero-order valence-electron chi connectivity index (χ0n) is 4.56. The van der Waals surface area contributed by atoms with Crippen LogP contribution in [0.3, 0.4) is 0 Å². The second kappa shape index (κ2) is 4.08. The molecule has 4 heteroatoms. The van der Waals surface area contributed by atoms with E-state index in [1.165, 1.54) is 7.11 Å². The Labute approximate surface area is 61.7 Å². The van der Waals surface area contributed by atoms with Gasteiger partial charge in [-0.3, -0.25) is 4.79 Å². The lowest BCUT2D eigenvalue weighted by Crippen LogP contribution is -2.24. The highest BCUT2D eigenvalue weighted by Crippen LogP contribution is 1.98. The van der Waals surface area contributed by atoms with E-state index in [9.17, 15) is 4.79 Å². The van der Waals surface area contributed by atoms with E-state index in [1.807, 2.05) is 22.6 Å². The topological polar surface area (TPSA) is 52.3 Å². The van der Waals surface area contributed by atoms with Crippen LogP contribution in [0, 0.1) is 0 Å². The van der Waals surface area contributed by atoms with Gasteiger partial charge in [0.05, 0.1) is 7.11 Å². The van der Waals surface area contributed by atoms with E-state index in [1.54, 1.807) is 0 Å². The minimum Gasteiger partial charge on any atom is -0.468 e. The summed E-state index contributed by atoms with van der Waals surface area (Å²) in [5, 5.41) is 0. The molecule has 8 heavy (non-hydrogen) atoms. The molecule has 2 N–H and O–H groups in total. The lowest BCUT2D eigenvalue weighted by atomic mass is 10.4. The summed E-state index contributed by atoms with van der Waals surface area (Å²) >= 11 is 1.93. The molecule has 1 unspecified atom stereocenters. The Morgan fingerprint density at radius 2 is 2.50 bits per heavy atom. The van der Waals surface area contributed by atoms with E-state index >= 15 is 0 Å². The van der Waals surface area contributed by atoms with Gasteiger partial charge in [-0.15, -0.1) is 0 Å². The van der Waals surface area contributed by atoms with Crippen LogP contribution in [0.4, 0.5) is 0 Å². The summed E-state index contributed by atoms with van der Waals surface area (Å²) in [5.41, 5.74) is 5.14. The fraction of sp³-hybridized carbons (Fsp3) is 0.750. The van der Waals surface area contributed by atoms with Gasteiger partial charge in [-0.2, -0.15) is 0 Å². The third kappa shape index (κ3) is 2.46. The molecular formula is C4H8INO2. The zero-order chi connectivity index (χ0) is 6.57. The summed E-state index contributed by atoms with van der Waals surface area (Å²) < 4.78 is 4.18. The van der Waals surface area contributed by atoms with Crippen LogP contribution in [-0.4, -0.2) is 23.5 Å². The van der Waals surface area contributed by atoms with Crippen molar-refractivity contribution in [3.63, 3.8) is 0 Å². The minimum absolute atomic E-state index is 0.197. The number of carbonyl (C=O) groups excluding carboxylic acids is 1. The summed E-state index contributed by atoms with van der Waals surface area (Å²) in [7, 11) is 1.35. The number of rotatable bonds is 2. The fourth-order valence-electron chi connectivity index (χ4n) is 0.224. The fourth-order valence-corrected chi connectivity index (χ4v) is 0.478. The number of hydrogen-bond acceptors (Lipinski definition) is 3. The predicted molar refractivity (Wildman–Crippen MR) is 38.9 cm³/mol. The molecule has 0 aliphatic carbocycles. The number of halogens is 1. The van der Waals surface area contributed by atoms with Crippen LogP contribution >= 0.6 is 22.6 Å². The molecule has 1 atom stereocenters. The molecule has 0 radical (unpaired) electrons. The number of alkyl halides is 1. The third-order valence-corrected chi connectivity index (χ3v) is 1.68. The Balaban J connectivity index is 3.46. The molecule has 0 rings (SSSR count). The molecule has 0 heterocycles. The quantitative estimate of drug-likeness (QED) is 0.409. The smallest absolute Gasteiger partial charge is 0.319 e. The molecule has 0 fully saturated rings. The molecule has 0 aliphatic heterocycles. The highest BCUT2D eigenvalue weighted by molar-refractivity contribution is 14.1. The summed E-state index contributed by atoms with van der Waals surface area (Å²) in [6.45, 7) is 0.341. The predicted octanol–water partition coefficient (Wildman–Crippen LogP) is -0.0783. The monoisotopic (exact) mass is 229 g/mol. The summed E-state index contributed by atoms with van der Waals surface area (Å²) in [6, 6.07) is 0. The maximum atomic E-state index is 10.4. The standard InChI is InChI=1S/C4H8INO2/c1-8-4(7)3(5)2-6/h3H,2,6H2,1H3. The van der Waals surface area contributed by atoms with Crippen molar-refractivity contribution < 1.29 is 9.53 Å². The van der Waals surface area contributed by atoms with Gasteiger partial charge in [-0.05, 0) is 0 Å². The van der Waals surface area contributed by atoms with Crippen LogP contribution in [0.2, 0.25) is 0 Å². The van der Waals surface area contributed by atoms with E-state index in [4.69, 9.17) is 5.73 Å². The van der Waals surface area contributed by atoms with Crippen LogP contribution in [0.15, 0.2) is 0 Å². The molecule has 48 valence electrons. The second-order valence-electron chi connectivity index (χ2n) is 1.23. The number of nitrogens with two attached hydrogens (primary N) is 1. The first-order valence-corrected chi connectivity index (χ1v) is 3.39. The maximum Gasteiger partial charge on any atom is 0.319 e. The normalized spacial score (nSPS) is 12.9. The van der Waals surface area contributed by atoms with E-state index in [-0.39, 0.29) is 9.89 Å². The molecule has 0 spiro atoms. The van der Waals surface area contributed by atoms with Crippen LogP contribution in [0.5, 0.6) is 0 Å². The Kier molecular flexibility index (Phi) is 4.16. The largest absolute Gasteiger partial charge is 0.468 e. The van der Waals surface area contributed by atoms with Crippen LogP contribution < -0.4 is 5.73 Å². The Hall–Kier alpha value is 0.160. The van der Waals surface area contributed by atoms with Gasteiger partial charge in [-0.1, -0.05) is 22.6 Å². The second-order valence-corrected chi connectivity index (χ2v) is 2.73. The van der Waals surface area contributed by atoms with Gasteiger partial charge in [0.25, 0.3) is 0 Å². The van der Waals surface area contributed by atoms with E-state index in [2.05, 4.69) is 4.74 Å². The molecule has 0 bridgehead atoms. The Morgan fingerprint density at radius 1 is 2.00 bits per heavy atom. The van der Waals surface area contributed by atoms with E-state index in [0.29, 0.717) is 6.54 Å². The average Bonchev–Trinajstić information content (AvgIpc) is 1.84. The first-order chi connectivity index (χ1) is 3.72. The molecular weight excluding hydrogens is 221 g/mol. The first-order valence-electron chi connectivity index (χ1n) is 2.14. The lowest BCUT2D eigenvalue weighted by Gasteiger charge is -2.01. The van der Waals surface area contributed by atoms with Gasteiger partial charge in [0.2, 0.25) is 0 Å². The van der Waals surface area contributed by atoms with E-state index < -0.39 is 0 Å². The Bertz CT molecular complexity index is 86.1. The molecule has 0 aromatic heterocycles. The minimum atomic E-state index is -0.256. The molecule has 3 nitrogen and oxygen atoms in total. The molecule has 0 amide bonds. The van der Waals surface area contributed by atoms with Crippen molar-refractivity contribution in [1.29, 1.82) is 0 Å². The maximum absolute atomic E-state index is 10.4. The van der Waals surface area contributed by atoms with Crippen molar-refractivity contribution in [1.82, 2.24) is 0 Å².